The van der Waals surface area contributed by atoms with E-state index in [0.717, 1.165) is 42.0 Å². The predicted octanol–water partition coefficient (Wildman–Crippen LogP) is 4.02. The van der Waals surface area contributed by atoms with Crippen LogP contribution in [0.3, 0.4) is 0 Å². The molecule has 134 valence electrons. The third kappa shape index (κ3) is 3.30. The molecule has 2 aromatic carbocycles. The quantitative estimate of drug-likeness (QED) is 0.731. The normalized spacial score (nSPS) is 14.7. The van der Waals surface area contributed by atoms with E-state index in [0.29, 0.717) is 5.56 Å². The lowest BCUT2D eigenvalue weighted by atomic mass is 10.0. The molecule has 2 N–H and O–H groups in total. The van der Waals surface area contributed by atoms with E-state index in [9.17, 15) is 4.79 Å². The number of likely N-dealkylation sites (tertiary alicyclic amines) is 1. The first-order valence-corrected chi connectivity index (χ1v) is 9.01. The van der Waals surface area contributed by atoms with Gasteiger partial charge in [-0.3, -0.25) is 9.69 Å². The topological polar surface area (TPSA) is 57.4 Å². The molecule has 5 nitrogen and oxygen atoms in total. The summed E-state index contributed by atoms with van der Waals surface area (Å²) in [5.41, 5.74) is 3.64. The number of benzene rings is 2. The molecule has 3 aromatic rings. The summed E-state index contributed by atoms with van der Waals surface area (Å²) >= 11 is 0. The highest BCUT2D eigenvalue weighted by atomic mass is 16.5. The number of carbonyl (C=O) groups is 1. The zero-order valence-electron chi connectivity index (χ0n) is 14.9. The average Bonchev–Trinajstić information content (AvgIpc) is 3.33. The van der Waals surface area contributed by atoms with Crippen molar-refractivity contribution in [3.63, 3.8) is 0 Å². The SMILES string of the molecule is COc1ccc(NC(=O)c2cccc3[nH]cc(CN4CCCC4)c23)cc1. The van der Waals surface area contributed by atoms with Crippen LogP contribution in [0, 0.1) is 0 Å². The zero-order valence-corrected chi connectivity index (χ0v) is 14.9. The number of fused-ring (bicyclic) bond motifs is 1. The van der Waals surface area contributed by atoms with Crippen LogP contribution in [0.15, 0.2) is 48.7 Å². The minimum atomic E-state index is -0.0944. The lowest BCUT2D eigenvalue weighted by Gasteiger charge is -2.14. The second-order valence-corrected chi connectivity index (χ2v) is 6.71. The maximum Gasteiger partial charge on any atom is 0.256 e. The van der Waals surface area contributed by atoms with E-state index >= 15 is 0 Å². The van der Waals surface area contributed by atoms with Gasteiger partial charge in [-0.2, -0.15) is 0 Å². The van der Waals surface area contributed by atoms with Crippen molar-refractivity contribution >= 4 is 22.5 Å². The van der Waals surface area contributed by atoms with Crippen LogP contribution >= 0.6 is 0 Å². The highest BCUT2D eigenvalue weighted by Gasteiger charge is 2.18. The van der Waals surface area contributed by atoms with Crippen LogP contribution in [-0.2, 0) is 6.54 Å². The van der Waals surface area contributed by atoms with Crippen molar-refractivity contribution in [3.05, 3.63) is 59.8 Å². The molecule has 26 heavy (non-hydrogen) atoms. The van der Waals surface area contributed by atoms with Crippen molar-refractivity contribution in [2.24, 2.45) is 0 Å². The first-order chi connectivity index (χ1) is 12.7. The molecule has 0 atom stereocenters. The third-order valence-electron chi connectivity index (χ3n) is 4.97. The molecule has 1 aliphatic heterocycles. The molecular weight excluding hydrogens is 326 g/mol. The van der Waals surface area contributed by atoms with Gasteiger partial charge >= 0.3 is 0 Å². The summed E-state index contributed by atoms with van der Waals surface area (Å²) in [4.78, 5) is 18.7. The maximum atomic E-state index is 12.9. The Hall–Kier alpha value is -2.79. The van der Waals surface area contributed by atoms with Gasteiger partial charge in [0.25, 0.3) is 5.91 Å². The van der Waals surface area contributed by atoms with E-state index < -0.39 is 0 Å². The van der Waals surface area contributed by atoms with E-state index in [2.05, 4.69) is 15.2 Å². The van der Waals surface area contributed by atoms with Crippen LogP contribution in [0.25, 0.3) is 10.9 Å². The number of carbonyl (C=O) groups excluding carboxylic acids is 1. The summed E-state index contributed by atoms with van der Waals surface area (Å²) in [7, 11) is 1.63. The Bertz CT molecular complexity index is 909. The third-order valence-corrected chi connectivity index (χ3v) is 4.97. The molecule has 1 aromatic heterocycles. The van der Waals surface area contributed by atoms with Crippen LogP contribution in [0.4, 0.5) is 5.69 Å². The Labute approximate surface area is 153 Å². The smallest absolute Gasteiger partial charge is 0.256 e. The number of amides is 1. The number of H-pyrrole nitrogens is 1. The summed E-state index contributed by atoms with van der Waals surface area (Å²) < 4.78 is 5.16. The molecule has 4 rings (SSSR count). The lowest BCUT2D eigenvalue weighted by Crippen LogP contribution is -2.19. The maximum absolute atomic E-state index is 12.9. The number of aromatic amines is 1. The predicted molar refractivity (Wildman–Crippen MR) is 104 cm³/mol. The number of rotatable bonds is 5. The Kier molecular flexibility index (Phi) is 4.63. The van der Waals surface area contributed by atoms with Gasteiger partial charge < -0.3 is 15.0 Å². The molecule has 1 amide bonds. The molecule has 5 heteroatoms. The van der Waals surface area contributed by atoms with Gasteiger partial charge in [0.2, 0.25) is 0 Å². The molecule has 1 fully saturated rings. The Morgan fingerprint density at radius 3 is 2.65 bits per heavy atom. The van der Waals surface area contributed by atoms with E-state index in [4.69, 9.17) is 4.74 Å². The van der Waals surface area contributed by atoms with Gasteiger partial charge in [-0.05, 0) is 67.9 Å². The summed E-state index contributed by atoms with van der Waals surface area (Å²) in [6.45, 7) is 3.15. The molecule has 0 radical (unpaired) electrons. The van der Waals surface area contributed by atoms with Gasteiger partial charge in [-0.15, -0.1) is 0 Å². The van der Waals surface area contributed by atoms with Crippen molar-refractivity contribution in [1.29, 1.82) is 0 Å². The molecule has 0 unspecified atom stereocenters. The number of aromatic nitrogens is 1. The zero-order chi connectivity index (χ0) is 17.9. The van der Waals surface area contributed by atoms with Crippen molar-refractivity contribution in [2.75, 3.05) is 25.5 Å². The van der Waals surface area contributed by atoms with Gasteiger partial charge in [0.05, 0.1) is 7.11 Å². The van der Waals surface area contributed by atoms with Crippen molar-refractivity contribution < 1.29 is 9.53 Å². The van der Waals surface area contributed by atoms with Crippen LogP contribution in [0.5, 0.6) is 5.75 Å². The van der Waals surface area contributed by atoms with Gasteiger partial charge in [0, 0.05) is 34.9 Å². The number of nitrogens with one attached hydrogen (secondary N) is 2. The van der Waals surface area contributed by atoms with Crippen LogP contribution in [0.2, 0.25) is 0 Å². The van der Waals surface area contributed by atoms with E-state index in [-0.39, 0.29) is 5.91 Å². The van der Waals surface area contributed by atoms with Crippen LogP contribution in [0.1, 0.15) is 28.8 Å². The highest BCUT2D eigenvalue weighted by Crippen LogP contribution is 2.26. The molecule has 2 heterocycles. The van der Waals surface area contributed by atoms with Gasteiger partial charge in [0.1, 0.15) is 5.75 Å². The van der Waals surface area contributed by atoms with E-state index in [1.807, 2.05) is 48.7 Å². The summed E-state index contributed by atoms with van der Waals surface area (Å²) in [5.74, 6) is 0.673. The number of ether oxygens (including phenoxy) is 1. The fraction of sp³-hybridized carbons (Fsp3) is 0.286. The van der Waals surface area contributed by atoms with Crippen molar-refractivity contribution in [3.8, 4) is 5.75 Å². The largest absolute Gasteiger partial charge is 0.497 e. The molecule has 1 aliphatic rings. The second kappa shape index (κ2) is 7.22. The van der Waals surface area contributed by atoms with Crippen LogP contribution < -0.4 is 10.1 Å². The Morgan fingerprint density at radius 1 is 1.15 bits per heavy atom. The molecule has 0 aliphatic carbocycles. The summed E-state index contributed by atoms with van der Waals surface area (Å²) in [6.07, 6.45) is 4.55. The number of hydrogen-bond acceptors (Lipinski definition) is 3. The van der Waals surface area contributed by atoms with Crippen LogP contribution in [-0.4, -0.2) is 36.0 Å². The molecule has 0 saturated carbocycles. The van der Waals surface area contributed by atoms with Gasteiger partial charge in [-0.25, -0.2) is 0 Å². The number of anilines is 1. The fourth-order valence-corrected chi connectivity index (χ4v) is 3.62. The monoisotopic (exact) mass is 349 g/mol. The van der Waals surface area contributed by atoms with E-state index in [1.54, 1.807) is 7.11 Å². The Balaban J connectivity index is 1.61. The lowest BCUT2D eigenvalue weighted by molar-refractivity contribution is 0.102. The van der Waals surface area contributed by atoms with E-state index in [1.165, 1.54) is 18.4 Å². The molecule has 1 saturated heterocycles. The minimum absolute atomic E-state index is 0.0944. The summed E-state index contributed by atoms with van der Waals surface area (Å²) in [6, 6.07) is 13.2. The fourth-order valence-electron chi connectivity index (χ4n) is 3.62. The summed E-state index contributed by atoms with van der Waals surface area (Å²) in [5, 5.41) is 4.01. The number of nitrogens with zero attached hydrogens (tertiary/aromatic N) is 1. The first kappa shape index (κ1) is 16.7. The number of methoxy groups -OCH3 is 1. The highest BCUT2D eigenvalue weighted by molar-refractivity contribution is 6.13. The molecular formula is C21H23N3O2. The van der Waals surface area contributed by atoms with Crippen molar-refractivity contribution in [1.82, 2.24) is 9.88 Å². The van der Waals surface area contributed by atoms with Gasteiger partial charge in [0.15, 0.2) is 0 Å². The molecule has 0 spiro atoms. The average molecular weight is 349 g/mol. The standard InChI is InChI=1S/C21H23N3O2/c1-26-17-9-7-16(8-10-17)23-21(25)18-5-4-6-19-20(18)15(13-22-19)14-24-11-2-3-12-24/h4-10,13,22H,2-3,11-12,14H2,1H3,(H,23,25). The van der Waals surface area contributed by atoms with Crippen molar-refractivity contribution in [2.45, 2.75) is 19.4 Å². The first-order valence-electron chi connectivity index (χ1n) is 9.01. The van der Waals surface area contributed by atoms with Gasteiger partial charge in [-0.1, -0.05) is 6.07 Å². The second-order valence-electron chi connectivity index (χ2n) is 6.71. The Morgan fingerprint density at radius 2 is 1.92 bits per heavy atom. The molecule has 0 bridgehead atoms. The minimum Gasteiger partial charge on any atom is -0.497 e. The number of hydrogen-bond donors (Lipinski definition) is 2.